The highest BCUT2D eigenvalue weighted by Crippen LogP contribution is 2.40. The molecule has 4 atom stereocenters. The quantitative estimate of drug-likeness (QED) is 0.489. The second-order valence-electron chi connectivity index (χ2n) is 4.46. The number of hydrogen-bond acceptors (Lipinski definition) is 3. The van der Waals surface area contributed by atoms with Crippen molar-refractivity contribution >= 4 is 0 Å². The zero-order valence-electron chi connectivity index (χ0n) is 7.86. The van der Waals surface area contributed by atoms with E-state index in [0.717, 1.165) is 0 Å². The fraction of sp³-hybridized carbons (Fsp3) is 1.00. The maximum atomic E-state index is 9.64. The molecule has 0 aliphatic heterocycles. The third kappa shape index (κ3) is 1.37. The summed E-state index contributed by atoms with van der Waals surface area (Å²) in [5.41, 5.74) is -0.307. The van der Waals surface area contributed by atoms with Crippen molar-refractivity contribution < 1.29 is 15.3 Å². The highest BCUT2D eigenvalue weighted by molar-refractivity contribution is 4.96. The van der Waals surface area contributed by atoms with E-state index in [2.05, 4.69) is 0 Å². The van der Waals surface area contributed by atoms with Gasteiger partial charge in [-0.25, -0.2) is 0 Å². The normalized spacial score (nSPS) is 47.5. The second kappa shape index (κ2) is 2.98. The predicted molar refractivity (Wildman–Crippen MR) is 45.6 cm³/mol. The molecule has 0 heterocycles. The molecule has 3 heteroatoms. The van der Waals surface area contributed by atoms with Gasteiger partial charge in [0.05, 0.1) is 12.2 Å². The number of rotatable bonds is 0. The highest BCUT2D eigenvalue weighted by atomic mass is 16.4. The Labute approximate surface area is 73.0 Å². The van der Waals surface area contributed by atoms with Crippen LogP contribution in [0.1, 0.15) is 27.2 Å². The molecule has 0 aromatic rings. The monoisotopic (exact) mass is 174 g/mol. The lowest BCUT2D eigenvalue weighted by molar-refractivity contribution is -0.157. The molecule has 0 bridgehead atoms. The molecule has 1 aliphatic rings. The fourth-order valence-corrected chi connectivity index (χ4v) is 1.75. The molecule has 0 aromatic carbocycles. The van der Waals surface area contributed by atoms with Gasteiger partial charge in [-0.3, -0.25) is 0 Å². The summed E-state index contributed by atoms with van der Waals surface area (Å²) in [6.07, 6.45) is -2.03. The van der Waals surface area contributed by atoms with Gasteiger partial charge in [-0.1, -0.05) is 20.8 Å². The van der Waals surface area contributed by atoms with Gasteiger partial charge in [0.25, 0.3) is 0 Å². The van der Waals surface area contributed by atoms with E-state index in [9.17, 15) is 15.3 Å². The second-order valence-corrected chi connectivity index (χ2v) is 4.46. The molecule has 0 aromatic heterocycles. The molecule has 0 radical (unpaired) electrons. The van der Waals surface area contributed by atoms with Crippen LogP contribution in [0.25, 0.3) is 0 Å². The molecule has 12 heavy (non-hydrogen) atoms. The lowest BCUT2D eigenvalue weighted by Crippen LogP contribution is -2.54. The van der Waals surface area contributed by atoms with Crippen molar-refractivity contribution in [2.45, 2.75) is 45.5 Å². The van der Waals surface area contributed by atoms with E-state index in [1.54, 1.807) is 0 Å². The van der Waals surface area contributed by atoms with Crippen LogP contribution in [-0.2, 0) is 0 Å². The molecule has 3 N–H and O–H groups in total. The van der Waals surface area contributed by atoms with Gasteiger partial charge < -0.3 is 15.3 Å². The molecule has 1 saturated carbocycles. The molecule has 3 nitrogen and oxygen atoms in total. The Kier molecular flexibility index (Phi) is 2.47. The molecule has 0 saturated heterocycles. The minimum absolute atomic E-state index is 0.228. The van der Waals surface area contributed by atoms with Gasteiger partial charge in [0.1, 0.15) is 6.10 Å². The van der Waals surface area contributed by atoms with Crippen molar-refractivity contribution in [1.82, 2.24) is 0 Å². The van der Waals surface area contributed by atoms with Crippen LogP contribution in [0.5, 0.6) is 0 Å². The Balaban J connectivity index is 2.80. The lowest BCUT2D eigenvalue weighted by atomic mass is 9.66. The van der Waals surface area contributed by atoms with E-state index in [1.807, 2.05) is 20.8 Å². The topological polar surface area (TPSA) is 60.7 Å². The van der Waals surface area contributed by atoms with E-state index in [-0.39, 0.29) is 11.3 Å². The van der Waals surface area contributed by atoms with Crippen molar-refractivity contribution in [2.24, 2.45) is 11.3 Å². The summed E-state index contributed by atoms with van der Waals surface area (Å²) >= 11 is 0. The van der Waals surface area contributed by atoms with Gasteiger partial charge in [0.15, 0.2) is 0 Å². The van der Waals surface area contributed by atoms with Crippen molar-refractivity contribution in [2.75, 3.05) is 0 Å². The van der Waals surface area contributed by atoms with E-state index in [0.29, 0.717) is 6.42 Å². The van der Waals surface area contributed by atoms with Gasteiger partial charge in [-0.15, -0.1) is 0 Å². The van der Waals surface area contributed by atoms with E-state index >= 15 is 0 Å². The van der Waals surface area contributed by atoms with Gasteiger partial charge in [0, 0.05) is 0 Å². The van der Waals surface area contributed by atoms with Crippen molar-refractivity contribution in [3.8, 4) is 0 Å². The summed E-state index contributed by atoms with van der Waals surface area (Å²) in [7, 11) is 0. The van der Waals surface area contributed by atoms with Crippen molar-refractivity contribution in [1.29, 1.82) is 0 Å². The summed E-state index contributed by atoms with van der Waals surface area (Å²) in [6, 6.07) is 0. The minimum atomic E-state index is -0.990. The van der Waals surface area contributed by atoms with Gasteiger partial charge in [0.2, 0.25) is 0 Å². The first-order chi connectivity index (χ1) is 5.37. The summed E-state index contributed by atoms with van der Waals surface area (Å²) in [4.78, 5) is 0. The molecular formula is C9H18O3. The standard InChI is InChI=1S/C9H18O3/c1-5-4-6(10)7(11)8(12)9(5,2)3/h5-8,10-12H,4H2,1-3H3/t5-,6+,7-,8-/m0/s1. The molecule has 0 amide bonds. The first-order valence-corrected chi connectivity index (χ1v) is 4.41. The van der Waals surface area contributed by atoms with Crippen molar-refractivity contribution in [3.05, 3.63) is 0 Å². The Morgan fingerprint density at radius 2 is 1.67 bits per heavy atom. The Morgan fingerprint density at radius 1 is 1.17 bits per heavy atom. The Hall–Kier alpha value is -0.120. The van der Waals surface area contributed by atoms with Crippen LogP contribution in [0.4, 0.5) is 0 Å². The van der Waals surface area contributed by atoms with Crippen LogP contribution >= 0.6 is 0 Å². The number of aliphatic hydroxyl groups is 3. The molecule has 1 rings (SSSR count). The molecular weight excluding hydrogens is 156 g/mol. The fourth-order valence-electron chi connectivity index (χ4n) is 1.75. The number of aliphatic hydroxyl groups excluding tert-OH is 3. The first-order valence-electron chi connectivity index (χ1n) is 4.41. The summed E-state index contributed by atoms with van der Waals surface area (Å²) in [6.45, 7) is 5.81. The van der Waals surface area contributed by atoms with E-state index in [4.69, 9.17) is 0 Å². The van der Waals surface area contributed by atoms with Crippen LogP contribution < -0.4 is 0 Å². The Bertz CT molecular complexity index is 167. The van der Waals surface area contributed by atoms with Crippen LogP contribution in [-0.4, -0.2) is 33.6 Å². The summed E-state index contributed by atoms with van der Waals surface area (Å²) in [5.74, 6) is 0.228. The van der Waals surface area contributed by atoms with Gasteiger partial charge in [-0.2, -0.15) is 0 Å². The van der Waals surface area contributed by atoms with Gasteiger partial charge in [-0.05, 0) is 17.8 Å². The molecule has 0 unspecified atom stereocenters. The maximum Gasteiger partial charge on any atom is 0.106 e. The smallest absolute Gasteiger partial charge is 0.106 e. The van der Waals surface area contributed by atoms with E-state index < -0.39 is 18.3 Å². The SMILES string of the molecule is C[C@H]1C[C@@H](O)[C@H](O)[C@H](O)C1(C)C. The van der Waals surface area contributed by atoms with Crippen molar-refractivity contribution in [3.63, 3.8) is 0 Å². The molecule has 72 valence electrons. The van der Waals surface area contributed by atoms with Gasteiger partial charge >= 0.3 is 0 Å². The maximum absolute atomic E-state index is 9.64. The third-order valence-electron chi connectivity index (χ3n) is 3.35. The van der Waals surface area contributed by atoms with Crippen LogP contribution in [0.3, 0.4) is 0 Å². The Morgan fingerprint density at radius 3 is 2.17 bits per heavy atom. The lowest BCUT2D eigenvalue weighted by Gasteiger charge is -2.45. The first kappa shape index (κ1) is 9.96. The minimum Gasteiger partial charge on any atom is -0.390 e. The summed E-state index contributed by atoms with van der Waals surface area (Å²) < 4.78 is 0. The van der Waals surface area contributed by atoms with Crippen LogP contribution in [0.15, 0.2) is 0 Å². The summed E-state index contributed by atoms with van der Waals surface area (Å²) in [5, 5.41) is 28.4. The zero-order valence-corrected chi connectivity index (χ0v) is 7.86. The van der Waals surface area contributed by atoms with E-state index in [1.165, 1.54) is 0 Å². The molecule has 1 aliphatic carbocycles. The highest BCUT2D eigenvalue weighted by Gasteiger charge is 2.45. The van der Waals surface area contributed by atoms with Crippen LogP contribution in [0, 0.1) is 11.3 Å². The zero-order chi connectivity index (χ0) is 9.52. The average molecular weight is 174 g/mol. The molecule has 0 spiro atoms. The number of hydrogen-bond donors (Lipinski definition) is 3. The predicted octanol–water partition coefficient (Wildman–Crippen LogP) is 0.135. The van der Waals surface area contributed by atoms with Crippen LogP contribution in [0.2, 0.25) is 0 Å². The average Bonchev–Trinajstić information content (AvgIpc) is 1.99. The third-order valence-corrected chi connectivity index (χ3v) is 3.35. The largest absolute Gasteiger partial charge is 0.390 e. The molecule has 1 fully saturated rings.